The molecule has 0 amide bonds. The maximum Gasteiger partial charge on any atom is 0.283 e. The Hall–Kier alpha value is -3.35. The van der Waals surface area contributed by atoms with E-state index in [1.807, 2.05) is 31.2 Å². The molecule has 2 aromatic carbocycles. The van der Waals surface area contributed by atoms with Crippen LogP contribution in [0.3, 0.4) is 0 Å². The van der Waals surface area contributed by atoms with Gasteiger partial charge in [0.2, 0.25) is 0 Å². The summed E-state index contributed by atoms with van der Waals surface area (Å²) in [7, 11) is 0. The van der Waals surface area contributed by atoms with Gasteiger partial charge in [0.15, 0.2) is 11.2 Å². The Kier molecular flexibility index (Phi) is 3.61. The van der Waals surface area contributed by atoms with E-state index in [1.165, 1.54) is 27.7 Å². The molecule has 6 nitrogen and oxygen atoms in total. The van der Waals surface area contributed by atoms with Gasteiger partial charge in [-0.1, -0.05) is 35.0 Å². The van der Waals surface area contributed by atoms with Gasteiger partial charge in [0, 0.05) is 0 Å². The van der Waals surface area contributed by atoms with Crippen molar-refractivity contribution in [1.82, 2.24) is 24.5 Å². The number of aromatic nitrogens is 5. The third-order valence-electron chi connectivity index (χ3n) is 3.95. The quantitative estimate of drug-likeness (QED) is 0.577. The topological polar surface area (TPSA) is 65.6 Å². The maximum atomic E-state index is 13.3. The van der Waals surface area contributed by atoms with Crippen LogP contribution in [-0.4, -0.2) is 24.5 Å². The molecule has 2 heterocycles. The Balaban J connectivity index is 1.77. The molecule has 0 aliphatic heterocycles. The normalized spacial score (nSPS) is 11.1. The predicted molar refractivity (Wildman–Crippen MR) is 91.2 cm³/mol. The summed E-state index contributed by atoms with van der Waals surface area (Å²) in [5.74, 6) is -0.343. The molecule has 0 aliphatic carbocycles. The molecule has 0 spiro atoms. The molecule has 0 fully saturated rings. The molecule has 25 heavy (non-hydrogen) atoms. The number of fused-ring (bicyclic) bond motifs is 1. The Morgan fingerprint density at radius 2 is 1.92 bits per heavy atom. The van der Waals surface area contributed by atoms with Crippen LogP contribution in [0.15, 0.2) is 59.7 Å². The largest absolute Gasteiger partial charge is 0.293 e. The summed E-state index contributed by atoms with van der Waals surface area (Å²) in [6.45, 7) is 2.21. The number of aryl methyl sites for hydroxylation is 1. The average molecular weight is 335 g/mol. The van der Waals surface area contributed by atoms with Crippen molar-refractivity contribution >= 4 is 11.2 Å². The third-order valence-corrected chi connectivity index (χ3v) is 3.95. The fraction of sp³-hybridized carbons (Fsp3) is 0.111. The van der Waals surface area contributed by atoms with Crippen LogP contribution < -0.4 is 5.56 Å². The summed E-state index contributed by atoms with van der Waals surface area (Å²) in [6, 6.07) is 13.8. The summed E-state index contributed by atoms with van der Waals surface area (Å²) in [5, 5.41) is 8.03. The molecule has 4 rings (SSSR count). The molecular weight excluding hydrogens is 321 g/mol. The van der Waals surface area contributed by atoms with Crippen LogP contribution in [0.1, 0.15) is 11.1 Å². The number of rotatable bonds is 3. The lowest BCUT2D eigenvalue weighted by molar-refractivity contribution is 0.622. The fourth-order valence-electron chi connectivity index (χ4n) is 2.65. The van der Waals surface area contributed by atoms with Gasteiger partial charge in [-0.05, 0) is 36.8 Å². The van der Waals surface area contributed by atoms with Crippen LogP contribution in [0.4, 0.5) is 4.39 Å². The van der Waals surface area contributed by atoms with Crippen molar-refractivity contribution in [2.24, 2.45) is 0 Å². The second-order valence-electron chi connectivity index (χ2n) is 5.82. The molecule has 0 unspecified atom stereocenters. The average Bonchev–Trinajstić information content (AvgIpc) is 3.03. The number of hydrogen-bond donors (Lipinski definition) is 0. The molecule has 2 aromatic heterocycles. The van der Waals surface area contributed by atoms with Crippen molar-refractivity contribution in [2.75, 3.05) is 0 Å². The molecule has 4 aromatic rings. The van der Waals surface area contributed by atoms with Crippen LogP contribution in [0, 0.1) is 12.7 Å². The molecule has 7 heteroatoms. The van der Waals surface area contributed by atoms with E-state index in [1.54, 1.807) is 12.1 Å². The number of halogens is 1. The summed E-state index contributed by atoms with van der Waals surface area (Å²) >= 11 is 0. The molecule has 124 valence electrons. The highest BCUT2D eigenvalue weighted by Gasteiger charge is 2.13. The molecule has 0 atom stereocenters. The van der Waals surface area contributed by atoms with Crippen LogP contribution >= 0.6 is 0 Å². The van der Waals surface area contributed by atoms with Gasteiger partial charge in [-0.25, -0.2) is 9.37 Å². The maximum absolute atomic E-state index is 13.3. The van der Waals surface area contributed by atoms with Gasteiger partial charge >= 0.3 is 0 Å². The van der Waals surface area contributed by atoms with Crippen molar-refractivity contribution in [3.8, 4) is 5.69 Å². The highest BCUT2D eigenvalue weighted by atomic mass is 19.1. The van der Waals surface area contributed by atoms with Crippen LogP contribution in [0.25, 0.3) is 16.9 Å². The first kappa shape index (κ1) is 15.2. The molecule has 0 saturated heterocycles. The van der Waals surface area contributed by atoms with Gasteiger partial charge in [-0.2, -0.15) is 4.68 Å². The zero-order valence-corrected chi connectivity index (χ0v) is 13.4. The second-order valence-corrected chi connectivity index (χ2v) is 5.82. The predicted octanol–water partition coefficient (Wildman–Crippen LogP) is 2.47. The molecule has 0 saturated carbocycles. The minimum atomic E-state index is -0.343. The van der Waals surface area contributed by atoms with E-state index in [9.17, 15) is 9.18 Å². The van der Waals surface area contributed by atoms with Gasteiger partial charge in [0.05, 0.1) is 12.2 Å². The van der Waals surface area contributed by atoms with Gasteiger partial charge in [-0.15, -0.1) is 5.10 Å². The van der Waals surface area contributed by atoms with E-state index >= 15 is 0 Å². The Bertz CT molecular complexity index is 1110. The molecule has 0 N–H and O–H groups in total. The third kappa shape index (κ3) is 2.80. The zero-order valence-electron chi connectivity index (χ0n) is 13.4. The summed E-state index contributed by atoms with van der Waals surface area (Å²) in [4.78, 5) is 17.0. The Labute approximate surface area is 142 Å². The van der Waals surface area contributed by atoms with Crippen molar-refractivity contribution in [3.05, 3.63) is 82.2 Å². The zero-order chi connectivity index (χ0) is 17.4. The van der Waals surface area contributed by atoms with Crippen molar-refractivity contribution in [3.63, 3.8) is 0 Å². The first-order valence-corrected chi connectivity index (χ1v) is 7.74. The van der Waals surface area contributed by atoms with E-state index in [-0.39, 0.29) is 23.4 Å². The van der Waals surface area contributed by atoms with E-state index < -0.39 is 0 Å². The second kappa shape index (κ2) is 5.94. The molecule has 0 radical (unpaired) electrons. The van der Waals surface area contributed by atoms with Crippen molar-refractivity contribution in [1.29, 1.82) is 0 Å². The van der Waals surface area contributed by atoms with Crippen molar-refractivity contribution in [2.45, 2.75) is 13.5 Å². The standard InChI is InChI=1S/C18H14FN5O/c1-12-5-7-15(8-6-12)24-17-16(21-22-24)18(25)23(11-20-17)10-13-3-2-4-14(19)9-13/h2-9,11H,10H2,1H3. The van der Waals surface area contributed by atoms with Crippen LogP contribution in [0.2, 0.25) is 0 Å². The summed E-state index contributed by atoms with van der Waals surface area (Å²) < 4.78 is 16.2. The minimum absolute atomic E-state index is 0.180. The van der Waals surface area contributed by atoms with Gasteiger partial charge in [0.1, 0.15) is 12.1 Å². The van der Waals surface area contributed by atoms with E-state index in [0.29, 0.717) is 11.2 Å². The first-order chi connectivity index (χ1) is 12.1. The van der Waals surface area contributed by atoms with Gasteiger partial charge < -0.3 is 0 Å². The van der Waals surface area contributed by atoms with Crippen molar-refractivity contribution < 1.29 is 4.39 Å². The van der Waals surface area contributed by atoms with E-state index in [4.69, 9.17) is 0 Å². The lowest BCUT2D eigenvalue weighted by Crippen LogP contribution is -2.21. The summed E-state index contributed by atoms with van der Waals surface area (Å²) in [6.07, 6.45) is 1.43. The Morgan fingerprint density at radius 1 is 1.12 bits per heavy atom. The monoisotopic (exact) mass is 335 g/mol. The minimum Gasteiger partial charge on any atom is -0.293 e. The number of benzene rings is 2. The molecular formula is C18H14FN5O. The van der Waals surface area contributed by atoms with Crippen LogP contribution in [0.5, 0.6) is 0 Å². The smallest absolute Gasteiger partial charge is 0.283 e. The SMILES string of the molecule is Cc1ccc(-n2nnc3c(=O)n(Cc4cccc(F)c4)cnc32)cc1. The molecule has 0 bridgehead atoms. The Morgan fingerprint density at radius 3 is 2.68 bits per heavy atom. The highest BCUT2D eigenvalue weighted by molar-refractivity contribution is 5.70. The van der Waals surface area contributed by atoms with E-state index in [2.05, 4.69) is 15.3 Å². The highest BCUT2D eigenvalue weighted by Crippen LogP contribution is 2.13. The van der Waals surface area contributed by atoms with Gasteiger partial charge in [-0.3, -0.25) is 9.36 Å². The van der Waals surface area contributed by atoms with Crippen LogP contribution in [-0.2, 0) is 6.54 Å². The lowest BCUT2D eigenvalue weighted by Gasteiger charge is -2.06. The fourth-order valence-corrected chi connectivity index (χ4v) is 2.65. The number of hydrogen-bond acceptors (Lipinski definition) is 4. The first-order valence-electron chi connectivity index (χ1n) is 7.74. The lowest BCUT2D eigenvalue weighted by atomic mass is 10.2. The number of nitrogens with zero attached hydrogens (tertiary/aromatic N) is 5. The summed E-state index contributed by atoms with van der Waals surface area (Å²) in [5.41, 5.74) is 2.84. The van der Waals surface area contributed by atoms with E-state index in [0.717, 1.165) is 11.3 Å². The van der Waals surface area contributed by atoms with Gasteiger partial charge in [0.25, 0.3) is 5.56 Å². The molecule has 0 aliphatic rings.